The Kier molecular flexibility index (Phi) is 6.39. The van der Waals surface area contributed by atoms with Crippen LogP contribution in [0.4, 0.5) is 0 Å². The average molecular weight is 417 g/mol. The predicted octanol–water partition coefficient (Wildman–Crippen LogP) is 4.27. The van der Waals surface area contributed by atoms with E-state index >= 15 is 0 Å². The van der Waals surface area contributed by atoms with E-state index in [4.69, 9.17) is 25.3 Å². The van der Waals surface area contributed by atoms with Gasteiger partial charge in [0.1, 0.15) is 22.8 Å². The van der Waals surface area contributed by atoms with Crippen LogP contribution < -0.4 is 0 Å². The lowest BCUT2D eigenvalue weighted by Gasteiger charge is -2.15. The summed E-state index contributed by atoms with van der Waals surface area (Å²) in [4.78, 5) is 26.0. The number of likely N-dealkylation sites (N-methyl/N-ethyl adjacent to an activating group) is 1. The first-order valence-corrected chi connectivity index (χ1v) is 9.47. The quantitative estimate of drug-likeness (QED) is 0.534. The average Bonchev–Trinajstić information content (AvgIpc) is 3.32. The second-order valence-electron chi connectivity index (χ2n) is 6.51. The number of carbonyl (C=O) groups excluding carboxylic acids is 2. The fourth-order valence-corrected chi connectivity index (χ4v) is 2.91. The largest absolute Gasteiger partial charge is 0.459 e. The molecule has 2 aromatic heterocycles. The zero-order valence-corrected chi connectivity index (χ0v) is 17.2. The first-order chi connectivity index (χ1) is 13.9. The van der Waals surface area contributed by atoms with Gasteiger partial charge in [-0.05, 0) is 49.7 Å². The molecule has 0 N–H and O–H groups in total. The zero-order valence-electron chi connectivity index (χ0n) is 16.4. The van der Waals surface area contributed by atoms with E-state index in [2.05, 4.69) is 5.16 Å². The molecule has 0 radical (unpaired) electrons. The van der Waals surface area contributed by atoms with Crippen molar-refractivity contribution in [3.63, 3.8) is 0 Å². The molecule has 8 heteroatoms. The van der Waals surface area contributed by atoms with Gasteiger partial charge in [-0.2, -0.15) is 0 Å². The maximum Gasteiger partial charge on any atom is 0.344 e. The molecule has 0 aliphatic heterocycles. The number of carbonyl (C=O) groups is 2. The fourth-order valence-electron chi connectivity index (χ4n) is 2.78. The van der Waals surface area contributed by atoms with Gasteiger partial charge in [0.15, 0.2) is 6.61 Å². The summed E-state index contributed by atoms with van der Waals surface area (Å²) in [6.45, 7) is 3.35. The summed E-state index contributed by atoms with van der Waals surface area (Å²) in [5.41, 5.74) is 1.68. The molecule has 3 rings (SSSR count). The normalized spacial score (nSPS) is 10.8. The Morgan fingerprint density at radius 2 is 1.90 bits per heavy atom. The molecule has 0 atom stereocenters. The molecule has 3 aromatic rings. The third kappa shape index (κ3) is 4.86. The van der Waals surface area contributed by atoms with Crippen LogP contribution in [-0.2, 0) is 22.5 Å². The molecular formula is C21H21ClN2O5. The number of aromatic nitrogens is 1. The monoisotopic (exact) mass is 416 g/mol. The number of benzene rings is 1. The summed E-state index contributed by atoms with van der Waals surface area (Å²) in [6.07, 6.45) is 0.532. The van der Waals surface area contributed by atoms with Crippen molar-refractivity contribution in [3.05, 3.63) is 64.2 Å². The zero-order chi connectivity index (χ0) is 21.0. The van der Waals surface area contributed by atoms with Crippen molar-refractivity contribution in [1.82, 2.24) is 10.1 Å². The van der Waals surface area contributed by atoms with Crippen LogP contribution in [0.15, 0.2) is 45.3 Å². The summed E-state index contributed by atoms with van der Waals surface area (Å²) in [7, 11) is 1.61. The minimum absolute atomic E-state index is 0.247. The number of rotatable bonds is 7. The second-order valence-corrected chi connectivity index (χ2v) is 6.95. The smallest absolute Gasteiger partial charge is 0.344 e. The Bertz CT molecular complexity index is 1010. The van der Waals surface area contributed by atoms with Gasteiger partial charge in [0, 0.05) is 17.6 Å². The van der Waals surface area contributed by atoms with Crippen molar-refractivity contribution in [2.75, 3.05) is 13.7 Å². The van der Waals surface area contributed by atoms with Crippen molar-refractivity contribution in [2.45, 2.75) is 26.8 Å². The molecular weight excluding hydrogens is 396 g/mol. The van der Waals surface area contributed by atoms with Crippen LogP contribution in [-0.4, -0.2) is 35.6 Å². The molecule has 1 amide bonds. The van der Waals surface area contributed by atoms with Gasteiger partial charge in [0.25, 0.3) is 5.91 Å². The highest BCUT2D eigenvalue weighted by molar-refractivity contribution is 6.30. The number of halogens is 1. The number of hydrogen-bond acceptors (Lipinski definition) is 6. The Balaban J connectivity index is 1.56. The molecule has 0 aliphatic carbocycles. The molecule has 29 heavy (non-hydrogen) atoms. The van der Waals surface area contributed by atoms with E-state index in [1.54, 1.807) is 32.2 Å². The van der Waals surface area contributed by atoms with Crippen molar-refractivity contribution < 1.29 is 23.3 Å². The summed E-state index contributed by atoms with van der Waals surface area (Å²) in [6, 6.07) is 10.9. The molecule has 7 nitrogen and oxygen atoms in total. The molecule has 0 saturated carbocycles. The number of hydrogen-bond donors (Lipinski definition) is 0. The van der Waals surface area contributed by atoms with Crippen molar-refractivity contribution in [3.8, 4) is 11.3 Å². The lowest BCUT2D eigenvalue weighted by atomic mass is 10.1. The van der Waals surface area contributed by atoms with Gasteiger partial charge in [-0.15, -0.1) is 0 Å². The highest BCUT2D eigenvalue weighted by Crippen LogP contribution is 2.24. The van der Waals surface area contributed by atoms with E-state index in [0.29, 0.717) is 34.4 Å². The first kappa shape index (κ1) is 20.7. The lowest BCUT2D eigenvalue weighted by molar-refractivity contribution is -0.134. The van der Waals surface area contributed by atoms with Gasteiger partial charge >= 0.3 is 5.97 Å². The molecule has 0 fully saturated rings. The van der Waals surface area contributed by atoms with E-state index in [9.17, 15) is 9.59 Å². The van der Waals surface area contributed by atoms with Crippen molar-refractivity contribution in [2.24, 2.45) is 0 Å². The summed E-state index contributed by atoms with van der Waals surface area (Å²) >= 11 is 5.90. The summed E-state index contributed by atoms with van der Waals surface area (Å²) in [5, 5.41) is 4.46. The Morgan fingerprint density at radius 1 is 1.17 bits per heavy atom. The number of aryl methyl sites for hydroxylation is 2. The van der Waals surface area contributed by atoms with Gasteiger partial charge in [0.2, 0.25) is 0 Å². The number of esters is 1. The number of furan rings is 1. The second kappa shape index (κ2) is 8.96. The Hall–Kier alpha value is -3.06. The van der Waals surface area contributed by atoms with Crippen LogP contribution >= 0.6 is 11.6 Å². The fraction of sp³-hybridized carbons (Fsp3) is 0.286. The standard InChI is InChI=1S/C21H21ClN2O5/c1-4-17-20(13(2)29-23-17)21(26)27-12-19(25)24(3)11-16-9-10-18(28-16)14-5-7-15(22)8-6-14/h5-10H,4,11-12H2,1-3H3. The van der Waals surface area contributed by atoms with E-state index < -0.39 is 5.97 Å². The molecule has 152 valence electrons. The molecule has 0 aliphatic rings. The van der Waals surface area contributed by atoms with Gasteiger partial charge < -0.3 is 18.6 Å². The Labute approximate surface area is 173 Å². The minimum atomic E-state index is -0.620. The van der Waals surface area contributed by atoms with Gasteiger partial charge in [-0.1, -0.05) is 23.7 Å². The van der Waals surface area contributed by atoms with Crippen LogP contribution in [0.25, 0.3) is 11.3 Å². The molecule has 0 unspecified atom stereocenters. The maximum atomic E-state index is 12.3. The topological polar surface area (TPSA) is 85.8 Å². The SMILES string of the molecule is CCc1noc(C)c1C(=O)OCC(=O)N(C)Cc1ccc(-c2ccc(Cl)cc2)o1. The van der Waals surface area contributed by atoms with Crippen LogP contribution in [0.2, 0.25) is 5.02 Å². The third-order valence-electron chi connectivity index (χ3n) is 4.41. The maximum absolute atomic E-state index is 12.3. The lowest BCUT2D eigenvalue weighted by Crippen LogP contribution is -2.30. The van der Waals surface area contributed by atoms with Gasteiger partial charge in [0.05, 0.1) is 12.2 Å². The number of nitrogens with zero attached hydrogens (tertiary/aromatic N) is 2. The number of ether oxygens (including phenoxy) is 1. The van der Waals surface area contributed by atoms with Crippen molar-refractivity contribution in [1.29, 1.82) is 0 Å². The highest BCUT2D eigenvalue weighted by atomic mass is 35.5. The molecule has 0 spiro atoms. The highest BCUT2D eigenvalue weighted by Gasteiger charge is 2.22. The van der Waals surface area contributed by atoms with Gasteiger partial charge in [-0.25, -0.2) is 4.79 Å². The third-order valence-corrected chi connectivity index (χ3v) is 4.66. The summed E-state index contributed by atoms with van der Waals surface area (Å²) in [5.74, 6) is 0.692. The summed E-state index contributed by atoms with van der Waals surface area (Å²) < 4.78 is 16.0. The molecule has 1 aromatic carbocycles. The predicted molar refractivity (Wildman–Crippen MR) is 107 cm³/mol. The van der Waals surface area contributed by atoms with Crippen molar-refractivity contribution >= 4 is 23.5 Å². The Morgan fingerprint density at radius 3 is 2.59 bits per heavy atom. The van der Waals surface area contributed by atoms with E-state index in [1.807, 2.05) is 25.1 Å². The molecule has 0 saturated heterocycles. The van der Waals surface area contributed by atoms with Crippen LogP contribution in [0.5, 0.6) is 0 Å². The molecule has 0 bridgehead atoms. The van der Waals surface area contributed by atoms with E-state index in [0.717, 1.165) is 5.56 Å². The van der Waals surface area contributed by atoms with Crippen LogP contribution in [0, 0.1) is 6.92 Å². The van der Waals surface area contributed by atoms with Crippen LogP contribution in [0.3, 0.4) is 0 Å². The van der Waals surface area contributed by atoms with Gasteiger partial charge in [-0.3, -0.25) is 4.79 Å². The van der Waals surface area contributed by atoms with Crippen LogP contribution in [0.1, 0.15) is 34.5 Å². The number of amides is 1. The van der Waals surface area contributed by atoms with E-state index in [1.165, 1.54) is 4.90 Å². The first-order valence-electron chi connectivity index (χ1n) is 9.10. The minimum Gasteiger partial charge on any atom is -0.459 e. The van der Waals surface area contributed by atoms with E-state index in [-0.39, 0.29) is 24.6 Å². The molecule has 2 heterocycles.